The van der Waals surface area contributed by atoms with E-state index in [2.05, 4.69) is 0 Å². The smallest absolute Gasteiger partial charge is 0.367 e. The Kier molecular flexibility index (Phi) is 7.36. The third-order valence-corrected chi connectivity index (χ3v) is 2.38. The van der Waals surface area contributed by atoms with Gasteiger partial charge in [0, 0.05) is 5.88 Å². The molecule has 0 saturated carbocycles. The summed E-state index contributed by atoms with van der Waals surface area (Å²) in [7, 11) is -1.54. The highest BCUT2D eigenvalue weighted by Crippen LogP contribution is 2.20. The molecule has 0 aromatic carbocycles. The standard InChI is InChI=1S/C6H10ClO4P/c7-2-3-11-5-12(10)4-1-6(8)9/h1-5H2/p+1. The molecule has 12 heavy (non-hydrogen) atoms. The van der Waals surface area contributed by atoms with Crippen molar-refractivity contribution >= 4 is 25.4 Å². The summed E-state index contributed by atoms with van der Waals surface area (Å²) in [5, 5.41) is 8.24. The molecule has 0 saturated heterocycles. The molecule has 0 aliphatic carbocycles. The summed E-state index contributed by atoms with van der Waals surface area (Å²) >= 11 is 5.30. The van der Waals surface area contributed by atoms with Gasteiger partial charge in [-0.25, -0.2) is 0 Å². The third kappa shape index (κ3) is 7.92. The normalized spacial score (nSPS) is 11.2. The molecule has 6 heteroatoms. The number of aliphatic carboxylic acids is 1. The Morgan fingerprint density at radius 3 is 2.75 bits per heavy atom. The van der Waals surface area contributed by atoms with Crippen molar-refractivity contribution in [2.24, 2.45) is 0 Å². The van der Waals surface area contributed by atoms with Gasteiger partial charge in [-0.2, -0.15) is 0 Å². The van der Waals surface area contributed by atoms with E-state index in [-0.39, 0.29) is 18.9 Å². The van der Waals surface area contributed by atoms with E-state index in [4.69, 9.17) is 21.4 Å². The molecule has 0 radical (unpaired) electrons. The molecule has 0 aromatic heterocycles. The molecule has 70 valence electrons. The fourth-order valence-corrected chi connectivity index (χ4v) is 1.52. The van der Waals surface area contributed by atoms with Gasteiger partial charge >= 0.3 is 13.8 Å². The van der Waals surface area contributed by atoms with E-state index < -0.39 is 13.8 Å². The van der Waals surface area contributed by atoms with Crippen LogP contribution >= 0.6 is 19.4 Å². The number of alkyl halides is 1. The second-order valence-electron chi connectivity index (χ2n) is 2.08. The van der Waals surface area contributed by atoms with Gasteiger partial charge in [-0.1, -0.05) is 4.57 Å². The van der Waals surface area contributed by atoms with Crippen LogP contribution in [-0.4, -0.2) is 36.1 Å². The van der Waals surface area contributed by atoms with Gasteiger partial charge in [-0.3, -0.25) is 4.79 Å². The summed E-state index contributed by atoms with van der Waals surface area (Å²) in [6, 6.07) is 0. The van der Waals surface area contributed by atoms with Crippen LogP contribution < -0.4 is 0 Å². The van der Waals surface area contributed by atoms with E-state index in [0.717, 1.165) is 0 Å². The van der Waals surface area contributed by atoms with Gasteiger partial charge in [-0.15, -0.1) is 11.6 Å². The summed E-state index contributed by atoms with van der Waals surface area (Å²) in [4.78, 5) is 10.0. The molecule has 1 atom stereocenters. The maximum Gasteiger partial charge on any atom is 0.367 e. The maximum atomic E-state index is 10.9. The highest BCUT2D eigenvalue weighted by atomic mass is 35.5. The first-order valence-electron chi connectivity index (χ1n) is 3.44. The van der Waals surface area contributed by atoms with E-state index in [0.29, 0.717) is 12.5 Å². The van der Waals surface area contributed by atoms with Crippen LogP contribution in [-0.2, 0) is 14.1 Å². The van der Waals surface area contributed by atoms with Crippen molar-refractivity contribution in [1.29, 1.82) is 0 Å². The number of halogens is 1. The molecule has 4 nitrogen and oxygen atoms in total. The second-order valence-corrected chi connectivity index (χ2v) is 4.12. The van der Waals surface area contributed by atoms with E-state index in [1.807, 2.05) is 0 Å². The van der Waals surface area contributed by atoms with E-state index >= 15 is 0 Å². The lowest BCUT2D eigenvalue weighted by molar-refractivity contribution is -0.136. The molecular weight excluding hydrogens is 202 g/mol. The highest BCUT2D eigenvalue weighted by molar-refractivity contribution is 7.44. The van der Waals surface area contributed by atoms with Crippen LogP contribution in [0, 0.1) is 0 Å². The second kappa shape index (κ2) is 7.47. The molecule has 0 spiro atoms. The van der Waals surface area contributed by atoms with Crippen molar-refractivity contribution in [1.82, 2.24) is 0 Å². The van der Waals surface area contributed by atoms with Crippen molar-refractivity contribution in [2.45, 2.75) is 6.42 Å². The van der Waals surface area contributed by atoms with Gasteiger partial charge < -0.3 is 9.84 Å². The minimum absolute atomic E-state index is 0.0700. The monoisotopic (exact) mass is 213 g/mol. The van der Waals surface area contributed by atoms with E-state index in [1.54, 1.807) is 0 Å². The largest absolute Gasteiger partial charge is 0.481 e. The SMILES string of the molecule is O=C(O)CC[P+](=O)COCCCl. The van der Waals surface area contributed by atoms with Crippen LogP contribution in [0.25, 0.3) is 0 Å². The summed E-state index contributed by atoms with van der Waals surface area (Å²) in [5.41, 5.74) is 0. The van der Waals surface area contributed by atoms with Gasteiger partial charge in [0.15, 0.2) is 6.16 Å². The number of carboxylic acids is 1. The predicted molar refractivity (Wildman–Crippen MR) is 46.3 cm³/mol. The lowest BCUT2D eigenvalue weighted by Crippen LogP contribution is -1.99. The molecule has 1 N–H and O–H groups in total. The number of hydrogen-bond acceptors (Lipinski definition) is 3. The lowest BCUT2D eigenvalue weighted by Gasteiger charge is -1.90. The van der Waals surface area contributed by atoms with Crippen LogP contribution in [0.5, 0.6) is 0 Å². The Hall–Kier alpha value is -0.180. The summed E-state index contributed by atoms with van der Waals surface area (Å²) in [6.45, 7) is 0.357. The first-order chi connectivity index (χ1) is 5.66. The molecule has 0 aliphatic rings. The van der Waals surface area contributed by atoms with Gasteiger partial charge in [0.2, 0.25) is 6.35 Å². The molecule has 0 bridgehead atoms. The third-order valence-electron chi connectivity index (χ3n) is 1.03. The first-order valence-corrected chi connectivity index (χ1v) is 5.61. The van der Waals surface area contributed by atoms with Gasteiger partial charge in [-0.05, 0) is 0 Å². The number of rotatable bonds is 7. The summed E-state index contributed by atoms with van der Waals surface area (Å²) < 4.78 is 15.8. The minimum Gasteiger partial charge on any atom is -0.481 e. The van der Waals surface area contributed by atoms with E-state index in [9.17, 15) is 9.36 Å². The van der Waals surface area contributed by atoms with Crippen molar-refractivity contribution in [3.05, 3.63) is 0 Å². The Labute approximate surface area is 76.6 Å². The fraction of sp³-hybridized carbons (Fsp3) is 0.833. The molecule has 0 amide bonds. The molecule has 0 rings (SSSR count). The van der Waals surface area contributed by atoms with Crippen LogP contribution in [0.3, 0.4) is 0 Å². The van der Waals surface area contributed by atoms with Crippen LogP contribution in [0.1, 0.15) is 6.42 Å². The van der Waals surface area contributed by atoms with Crippen molar-refractivity contribution in [3.63, 3.8) is 0 Å². The number of hydrogen-bond donors (Lipinski definition) is 1. The molecule has 1 unspecified atom stereocenters. The van der Waals surface area contributed by atoms with Crippen molar-refractivity contribution in [3.8, 4) is 0 Å². The topological polar surface area (TPSA) is 63.6 Å². The number of carbonyl (C=O) groups is 1. The molecule has 0 heterocycles. The average Bonchev–Trinajstić information content (AvgIpc) is 2.01. The van der Waals surface area contributed by atoms with Crippen molar-refractivity contribution < 1.29 is 19.2 Å². The van der Waals surface area contributed by atoms with Gasteiger partial charge in [0.25, 0.3) is 0 Å². The average molecular weight is 214 g/mol. The van der Waals surface area contributed by atoms with Crippen LogP contribution in [0.2, 0.25) is 0 Å². The first kappa shape index (κ1) is 11.8. The van der Waals surface area contributed by atoms with Crippen LogP contribution in [0.4, 0.5) is 0 Å². The summed E-state index contributed by atoms with van der Waals surface area (Å²) in [5.74, 6) is -0.571. The molecule has 0 aromatic rings. The zero-order chi connectivity index (χ0) is 9.40. The molecule has 0 aliphatic heterocycles. The van der Waals surface area contributed by atoms with Gasteiger partial charge in [0.1, 0.15) is 0 Å². The quantitative estimate of drug-likeness (QED) is 0.396. The summed E-state index contributed by atoms with van der Waals surface area (Å²) in [6.07, 6.45) is 0.210. The Morgan fingerprint density at radius 2 is 2.25 bits per heavy atom. The Bertz CT molecular complexity index is 162. The predicted octanol–water partition coefficient (Wildman–Crippen LogP) is 1.50. The lowest BCUT2D eigenvalue weighted by atomic mass is 10.5. The zero-order valence-corrected chi connectivity index (χ0v) is 8.18. The maximum absolute atomic E-state index is 10.9. The fourth-order valence-electron chi connectivity index (χ4n) is 0.506. The van der Waals surface area contributed by atoms with E-state index in [1.165, 1.54) is 0 Å². The number of carboxylic acid groups (broad SMARTS) is 1. The van der Waals surface area contributed by atoms with Gasteiger partial charge in [0.05, 0.1) is 13.0 Å². The minimum atomic E-state index is -1.54. The van der Waals surface area contributed by atoms with Crippen molar-refractivity contribution in [2.75, 3.05) is 25.0 Å². The number of ether oxygens (including phenoxy) is 1. The zero-order valence-electron chi connectivity index (χ0n) is 6.53. The molecule has 0 fully saturated rings. The Morgan fingerprint density at radius 1 is 1.58 bits per heavy atom. The molecular formula is C6H11ClO4P+. The highest BCUT2D eigenvalue weighted by Gasteiger charge is 2.16. The Balaban J connectivity index is 3.28. The van der Waals surface area contributed by atoms with Crippen LogP contribution in [0.15, 0.2) is 0 Å².